The second-order valence-corrected chi connectivity index (χ2v) is 4.67. The molecular weight excluding hydrogens is 256 g/mol. The van der Waals surface area contributed by atoms with Crippen molar-refractivity contribution in [3.63, 3.8) is 0 Å². The molecular formula is C11H14N2O4S. The van der Waals surface area contributed by atoms with E-state index in [0.29, 0.717) is 6.54 Å². The summed E-state index contributed by atoms with van der Waals surface area (Å²) >= 11 is 1.62. The molecule has 0 spiro atoms. The van der Waals surface area contributed by atoms with Crippen LogP contribution in [0.5, 0.6) is 5.75 Å². The van der Waals surface area contributed by atoms with Gasteiger partial charge in [0.1, 0.15) is 0 Å². The highest BCUT2D eigenvalue weighted by molar-refractivity contribution is 7.98. The van der Waals surface area contributed by atoms with Crippen molar-refractivity contribution in [2.24, 2.45) is 0 Å². The summed E-state index contributed by atoms with van der Waals surface area (Å²) in [7, 11) is 1.65. The van der Waals surface area contributed by atoms with Gasteiger partial charge in [0.05, 0.1) is 4.92 Å². The Kier molecular flexibility index (Phi) is 4.96. The van der Waals surface area contributed by atoms with Crippen LogP contribution in [0.15, 0.2) is 18.2 Å². The second kappa shape index (κ2) is 6.25. The molecule has 98 valence electrons. The van der Waals surface area contributed by atoms with Gasteiger partial charge >= 0.3 is 5.69 Å². The average Bonchev–Trinajstić information content (AvgIpc) is 2.34. The number of nitro groups is 1. The molecule has 0 aliphatic heterocycles. The summed E-state index contributed by atoms with van der Waals surface area (Å²) in [6, 6.07) is 3.59. The highest BCUT2D eigenvalue weighted by atomic mass is 32.2. The van der Waals surface area contributed by atoms with E-state index >= 15 is 0 Å². The molecule has 1 aromatic carbocycles. The molecule has 0 saturated carbocycles. The number of hydrogen-bond acceptors (Lipinski definition) is 5. The van der Waals surface area contributed by atoms with Crippen molar-refractivity contribution in [1.29, 1.82) is 0 Å². The predicted molar refractivity (Wildman–Crippen MR) is 70.1 cm³/mol. The third-order valence-electron chi connectivity index (χ3n) is 2.40. The van der Waals surface area contributed by atoms with E-state index in [1.807, 2.05) is 6.26 Å². The fourth-order valence-corrected chi connectivity index (χ4v) is 1.82. The number of hydrogen-bond donors (Lipinski definition) is 1. The minimum Gasteiger partial charge on any atom is -0.502 e. The van der Waals surface area contributed by atoms with Gasteiger partial charge in [0, 0.05) is 31.0 Å². The maximum absolute atomic E-state index is 11.9. The SMILES string of the molecule is CSCCN(C)C(=O)c1ccc([N+](=O)[O-])c(O)c1. The summed E-state index contributed by atoms with van der Waals surface area (Å²) in [4.78, 5) is 23.3. The lowest BCUT2D eigenvalue weighted by molar-refractivity contribution is -0.385. The Balaban J connectivity index is 2.87. The highest BCUT2D eigenvalue weighted by Crippen LogP contribution is 2.26. The van der Waals surface area contributed by atoms with Crippen molar-refractivity contribution in [3.05, 3.63) is 33.9 Å². The van der Waals surface area contributed by atoms with Crippen LogP contribution in [-0.4, -0.2) is 46.4 Å². The van der Waals surface area contributed by atoms with Crippen LogP contribution in [0.4, 0.5) is 5.69 Å². The third kappa shape index (κ3) is 3.36. The standard InChI is InChI=1S/C11H14N2O4S/c1-12(5-6-18-2)11(15)8-3-4-9(13(16)17)10(14)7-8/h3-4,7,14H,5-6H2,1-2H3. The number of rotatable bonds is 5. The van der Waals surface area contributed by atoms with Gasteiger partial charge in [-0.3, -0.25) is 14.9 Å². The Labute approximate surface area is 109 Å². The maximum atomic E-state index is 11.9. The Morgan fingerprint density at radius 3 is 2.72 bits per heavy atom. The number of carbonyl (C=O) groups is 1. The number of phenols is 1. The van der Waals surface area contributed by atoms with Crippen molar-refractivity contribution in [3.8, 4) is 5.75 Å². The van der Waals surface area contributed by atoms with Crippen LogP contribution >= 0.6 is 11.8 Å². The van der Waals surface area contributed by atoms with Gasteiger partial charge in [-0.1, -0.05) is 0 Å². The van der Waals surface area contributed by atoms with E-state index in [0.717, 1.165) is 17.9 Å². The van der Waals surface area contributed by atoms with Crippen LogP contribution in [-0.2, 0) is 0 Å². The molecule has 7 heteroatoms. The van der Waals surface area contributed by atoms with Crippen molar-refractivity contribution in [2.45, 2.75) is 0 Å². The zero-order valence-corrected chi connectivity index (χ0v) is 10.9. The monoisotopic (exact) mass is 270 g/mol. The number of carbonyl (C=O) groups excluding carboxylic acids is 1. The van der Waals surface area contributed by atoms with Gasteiger partial charge in [-0.05, 0) is 18.4 Å². The van der Waals surface area contributed by atoms with E-state index in [-0.39, 0.29) is 11.5 Å². The summed E-state index contributed by atoms with van der Waals surface area (Å²) in [5.41, 5.74) is -0.167. The van der Waals surface area contributed by atoms with Crippen molar-refractivity contribution < 1.29 is 14.8 Å². The Bertz CT molecular complexity index is 464. The summed E-state index contributed by atoms with van der Waals surface area (Å²) < 4.78 is 0. The van der Waals surface area contributed by atoms with Crippen LogP contribution < -0.4 is 0 Å². The van der Waals surface area contributed by atoms with Crippen LogP contribution in [0.1, 0.15) is 10.4 Å². The fraction of sp³-hybridized carbons (Fsp3) is 0.364. The lowest BCUT2D eigenvalue weighted by Gasteiger charge is -2.16. The van der Waals surface area contributed by atoms with E-state index in [9.17, 15) is 20.0 Å². The topological polar surface area (TPSA) is 83.7 Å². The highest BCUT2D eigenvalue weighted by Gasteiger charge is 2.17. The molecule has 1 N–H and O–H groups in total. The quantitative estimate of drug-likeness (QED) is 0.650. The van der Waals surface area contributed by atoms with Crippen LogP contribution in [0.2, 0.25) is 0 Å². The molecule has 0 radical (unpaired) electrons. The molecule has 0 atom stereocenters. The van der Waals surface area contributed by atoms with E-state index in [2.05, 4.69) is 0 Å². The van der Waals surface area contributed by atoms with Gasteiger partial charge < -0.3 is 10.0 Å². The van der Waals surface area contributed by atoms with E-state index in [1.54, 1.807) is 18.8 Å². The molecule has 0 bridgehead atoms. The van der Waals surface area contributed by atoms with Crippen LogP contribution in [0.3, 0.4) is 0 Å². The first kappa shape index (κ1) is 14.3. The van der Waals surface area contributed by atoms with Crippen molar-refractivity contribution in [1.82, 2.24) is 4.90 Å². The number of nitro benzene ring substituents is 1. The number of amides is 1. The van der Waals surface area contributed by atoms with E-state index < -0.39 is 16.4 Å². The molecule has 0 unspecified atom stereocenters. The van der Waals surface area contributed by atoms with Gasteiger partial charge in [-0.2, -0.15) is 11.8 Å². The minimum absolute atomic E-state index is 0.238. The lowest BCUT2D eigenvalue weighted by atomic mass is 10.1. The first-order chi connectivity index (χ1) is 8.47. The lowest BCUT2D eigenvalue weighted by Crippen LogP contribution is -2.28. The molecule has 0 aromatic heterocycles. The number of phenolic OH excluding ortho intramolecular Hbond substituents is 1. The molecule has 1 amide bonds. The van der Waals surface area contributed by atoms with Crippen molar-refractivity contribution in [2.75, 3.05) is 25.6 Å². The zero-order valence-electron chi connectivity index (χ0n) is 10.1. The van der Waals surface area contributed by atoms with Crippen molar-refractivity contribution >= 4 is 23.4 Å². The summed E-state index contributed by atoms with van der Waals surface area (Å²) in [5.74, 6) is 0.0413. The molecule has 0 aliphatic rings. The number of benzene rings is 1. The first-order valence-electron chi connectivity index (χ1n) is 5.19. The number of thioether (sulfide) groups is 1. The molecule has 18 heavy (non-hydrogen) atoms. The first-order valence-corrected chi connectivity index (χ1v) is 6.58. The van der Waals surface area contributed by atoms with E-state index in [4.69, 9.17) is 0 Å². The minimum atomic E-state index is -0.693. The molecule has 1 aromatic rings. The fourth-order valence-electron chi connectivity index (χ4n) is 1.36. The normalized spacial score (nSPS) is 10.1. The average molecular weight is 270 g/mol. The summed E-state index contributed by atoms with van der Waals surface area (Å²) in [5, 5.41) is 20.0. The largest absolute Gasteiger partial charge is 0.502 e. The molecule has 0 saturated heterocycles. The Hall–Kier alpha value is -1.76. The summed E-state index contributed by atoms with van der Waals surface area (Å²) in [6.45, 7) is 0.581. The Morgan fingerprint density at radius 1 is 1.56 bits per heavy atom. The third-order valence-corrected chi connectivity index (χ3v) is 2.99. The van der Waals surface area contributed by atoms with Gasteiger partial charge in [-0.15, -0.1) is 0 Å². The molecule has 0 fully saturated rings. The van der Waals surface area contributed by atoms with E-state index in [1.165, 1.54) is 11.0 Å². The second-order valence-electron chi connectivity index (χ2n) is 3.68. The zero-order chi connectivity index (χ0) is 13.7. The number of nitrogens with zero attached hydrogens (tertiary/aromatic N) is 2. The van der Waals surface area contributed by atoms with Gasteiger partial charge in [0.25, 0.3) is 5.91 Å². The molecule has 1 rings (SSSR count). The predicted octanol–water partition coefficient (Wildman–Crippen LogP) is 1.74. The van der Waals surface area contributed by atoms with Gasteiger partial charge in [0.15, 0.2) is 5.75 Å². The Morgan fingerprint density at radius 2 is 2.22 bits per heavy atom. The number of aromatic hydroxyl groups is 1. The van der Waals surface area contributed by atoms with Crippen LogP contribution in [0.25, 0.3) is 0 Å². The molecule has 0 aliphatic carbocycles. The molecule has 0 heterocycles. The smallest absolute Gasteiger partial charge is 0.310 e. The van der Waals surface area contributed by atoms with Gasteiger partial charge in [-0.25, -0.2) is 0 Å². The summed E-state index contributed by atoms with van der Waals surface area (Å²) in [6.07, 6.45) is 1.94. The van der Waals surface area contributed by atoms with Gasteiger partial charge in [0.2, 0.25) is 0 Å². The maximum Gasteiger partial charge on any atom is 0.310 e. The van der Waals surface area contributed by atoms with Crippen LogP contribution in [0, 0.1) is 10.1 Å². The molecule has 6 nitrogen and oxygen atoms in total.